The zero-order valence-electron chi connectivity index (χ0n) is 9.32. The molecule has 15 heavy (non-hydrogen) atoms. The number of para-hydroxylation sites is 1. The number of anilines is 1. The molecular formula is C11H17N3S. The zero-order valence-corrected chi connectivity index (χ0v) is 10.1. The molecule has 0 aliphatic carbocycles. The molecule has 4 heteroatoms. The van der Waals surface area contributed by atoms with Crippen LogP contribution in [-0.2, 0) is 0 Å². The van der Waals surface area contributed by atoms with Crippen LogP contribution >= 0.6 is 11.8 Å². The van der Waals surface area contributed by atoms with Gasteiger partial charge in [0.25, 0.3) is 0 Å². The zero-order chi connectivity index (χ0) is 11.3. The molecule has 1 aromatic rings. The fraction of sp³-hybridized carbons (Fsp3) is 0.364. The predicted molar refractivity (Wildman–Crippen MR) is 68.6 cm³/mol. The summed E-state index contributed by atoms with van der Waals surface area (Å²) in [6, 6.07) is 8.24. The van der Waals surface area contributed by atoms with Crippen LogP contribution in [0.1, 0.15) is 13.8 Å². The van der Waals surface area contributed by atoms with Crippen LogP contribution in [0.5, 0.6) is 0 Å². The Balaban J connectivity index is 2.80. The van der Waals surface area contributed by atoms with Gasteiger partial charge in [-0.05, 0) is 32.2 Å². The van der Waals surface area contributed by atoms with Crippen molar-refractivity contribution >= 4 is 23.4 Å². The maximum absolute atomic E-state index is 5.76. The molecule has 0 aliphatic rings. The first-order valence-corrected chi connectivity index (χ1v) is 6.09. The minimum absolute atomic E-state index is 0.207. The van der Waals surface area contributed by atoms with Crippen molar-refractivity contribution in [1.29, 1.82) is 0 Å². The lowest BCUT2D eigenvalue weighted by molar-refractivity contribution is 0.833. The minimum Gasteiger partial charge on any atom is -0.370 e. The van der Waals surface area contributed by atoms with Crippen LogP contribution in [0.4, 0.5) is 5.69 Å². The normalized spacial score (nSPS) is 11.9. The molecule has 0 saturated heterocycles. The van der Waals surface area contributed by atoms with Gasteiger partial charge < -0.3 is 11.1 Å². The summed E-state index contributed by atoms with van der Waals surface area (Å²) >= 11 is 1.68. The summed E-state index contributed by atoms with van der Waals surface area (Å²) in [7, 11) is 0. The summed E-state index contributed by atoms with van der Waals surface area (Å²) in [5, 5.41) is 3.10. The third-order valence-corrected chi connectivity index (χ3v) is 2.56. The molecule has 0 unspecified atom stereocenters. The molecule has 82 valence electrons. The number of thioether (sulfide) groups is 1. The van der Waals surface area contributed by atoms with E-state index in [0.717, 1.165) is 5.69 Å². The predicted octanol–water partition coefficient (Wildman–Crippen LogP) is 2.54. The molecule has 3 nitrogen and oxygen atoms in total. The van der Waals surface area contributed by atoms with Crippen molar-refractivity contribution in [2.45, 2.75) is 24.8 Å². The lowest BCUT2D eigenvalue weighted by Crippen LogP contribution is -2.24. The van der Waals surface area contributed by atoms with Gasteiger partial charge in [0.15, 0.2) is 5.96 Å². The molecule has 1 aromatic carbocycles. The average Bonchev–Trinajstić information content (AvgIpc) is 2.17. The van der Waals surface area contributed by atoms with Crippen molar-refractivity contribution in [3.05, 3.63) is 24.3 Å². The largest absolute Gasteiger partial charge is 0.370 e. The van der Waals surface area contributed by atoms with Gasteiger partial charge in [-0.15, -0.1) is 11.8 Å². The Morgan fingerprint density at radius 2 is 2.07 bits per heavy atom. The molecule has 0 radical (unpaired) electrons. The van der Waals surface area contributed by atoms with Crippen LogP contribution in [-0.4, -0.2) is 18.3 Å². The Bertz CT molecular complexity index is 347. The molecule has 0 fully saturated rings. The summed E-state index contributed by atoms with van der Waals surface area (Å²) < 4.78 is 0. The number of rotatable bonds is 3. The second-order valence-electron chi connectivity index (χ2n) is 3.43. The lowest BCUT2D eigenvalue weighted by Gasteiger charge is -2.10. The Morgan fingerprint density at radius 3 is 2.67 bits per heavy atom. The summed E-state index contributed by atoms with van der Waals surface area (Å²) in [5.74, 6) is 0.464. The van der Waals surface area contributed by atoms with E-state index in [1.807, 2.05) is 38.3 Å². The standard InChI is InChI=1S/C11H17N3S/c1-8(2)13-11(12)14-9-6-4-5-7-10(9)15-3/h4-8H,1-3H3,(H3,12,13,14). The quantitative estimate of drug-likeness (QED) is 0.470. The maximum Gasteiger partial charge on any atom is 0.193 e. The van der Waals surface area contributed by atoms with E-state index >= 15 is 0 Å². The molecule has 1 rings (SSSR count). The number of nitrogens with two attached hydrogens (primary N) is 1. The smallest absolute Gasteiger partial charge is 0.193 e. The number of nitrogens with one attached hydrogen (secondary N) is 1. The maximum atomic E-state index is 5.76. The molecular weight excluding hydrogens is 206 g/mol. The Kier molecular flexibility index (Phi) is 4.49. The fourth-order valence-electron chi connectivity index (χ4n) is 1.20. The molecule has 0 heterocycles. The van der Waals surface area contributed by atoms with Crippen LogP contribution in [0.15, 0.2) is 34.2 Å². The van der Waals surface area contributed by atoms with E-state index < -0.39 is 0 Å². The Morgan fingerprint density at radius 1 is 1.40 bits per heavy atom. The lowest BCUT2D eigenvalue weighted by atomic mass is 10.3. The van der Waals surface area contributed by atoms with Crippen molar-refractivity contribution in [3.8, 4) is 0 Å². The molecule has 0 amide bonds. The molecule has 0 bridgehead atoms. The Labute approximate surface area is 95.2 Å². The van der Waals surface area contributed by atoms with E-state index in [1.165, 1.54) is 4.90 Å². The van der Waals surface area contributed by atoms with Gasteiger partial charge in [0.2, 0.25) is 0 Å². The van der Waals surface area contributed by atoms with E-state index in [4.69, 9.17) is 5.73 Å². The van der Waals surface area contributed by atoms with E-state index in [2.05, 4.69) is 16.4 Å². The highest BCUT2D eigenvalue weighted by molar-refractivity contribution is 7.98. The van der Waals surface area contributed by atoms with Gasteiger partial charge in [0.1, 0.15) is 0 Å². The van der Waals surface area contributed by atoms with Gasteiger partial charge in [-0.3, -0.25) is 4.99 Å². The molecule has 0 aromatic heterocycles. The van der Waals surface area contributed by atoms with E-state index in [0.29, 0.717) is 5.96 Å². The highest BCUT2D eigenvalue weighted by Gasteiger charge is 2.01. The highest BCUT2D eigenvalue weighted by atomic mass is 32.2. The highest BCUT2D eigenvalue weighted by Crippen LogP contribution is 2.24. The number of aliphatic imine (C=N–C) groups is 1. The molecule has 3 N–H and O–H groups in total. The topological polar surface area (TPSA) is 50.4 Å². The molecule has 0 spiro atoms. The van der Waals surface area contributed by atoms with Crippen molar-refractivity contribution in [1.82, 2.24) is 0 Å². The van der Waals surface area contributed by atoms with Crippen molar-refractivity contribution in [2.24, 2.45) is 10.7 Å². The van der Waals surface area contributed by atoms with Crippen LogP contribution < -0.4 is 11.1 Å². The SMILES string of the molecule is CSc1ccccc1NC(N)=NC(C)C. The fourth-order valence-corrected chi connectivity index (χ4v) is 1.75. The summed E-state index contributed by atoms with van der Waals surface area (Å²) in [6.45, 7) is 3.99. The third-order valence-electron chi connectivity index (χ3n) is 1.77. The first-order chi connectivity index (χ1) is 7.13. The van der Waals surface area contributed by atoms with E-state index in [9.17, 15) is 0 Å². The summed E-state index contributed by atoms with van der Waals surface area (Å²) in [4.78, 5) is 5.39. The van der Waals surface area contributed by atoms with Gasteiger partial charge >= 0.3 is 0 Å². The van der Waals surface area contributed by atoms with Gasteiger partial charge in [-0.2, -0.15) is 0 Å². The van der Waals surface area contributed by atoms with E-state index in [1.54, 1.807) is 11.8 Å². The Hall–Kier alpha value is -1.16. The molecule has 0 atom stereocenters. The minimum atomic E-state index is 0.207. The second kappa shape index (κ2) is 5.66. The van der Waals surface area contributed by atoms with Crippen LogP contribution in [0, 0.1) is 0 Å². The van der Waals surface area contributed by atoms with Crippen molar-refractivity contribution in [2.75, 3.05) is 11.6 Å². The summed E-state index contributed by atoms with van der Waals surface area (Å²) in [6.07, 6.45) is 2.04. The first kappa shape index (κ1) is 11.9. The van der Waals surface area contributed by atoms with Gasteiger partial charge in [-0.1, -0.05) is 12.1 Å². The van der Waals surface area contributed by atoms with Gasteiger partial charge in [-0.25, -0.2) is 0 Å². The third kappa shape index (κ3) is 3.83. The average molecular weight is 223 g/mol. The van der Waals surface area contributed by atoms with Crippen molar-refractivity contribution < 1.29 is 0 Å². The number of guanidine groups is 1. The van der Waals surface area contributed by atoms with Gasteiger partial charge in [0, 0.05) is 10.9 Å². The monoisotopic (exact) mass is 223 g/mol. The van der Waals surface area contributed by atoms with Crippen LogP contribution in [0.3, 0.4) is 0 Å². The van der Waals surface area contributed by atoms with E-state index in [-0.39, 0.29) is 6.04 Å². The molecule has 0 saturated carbocycles. The number of hydrogen-bond acceptors (Lipinski definition) is 2. The van der Waals surface area contributed by atoms with Crippen molar-refractivity contribution in [3.63, 3.8) is 0 Å². The number of nitrogens with zero attached hydrogens (tertiary/aromatic N) is 1. The van der Waals surface area contributed by atoms with Gasteiger partial charge in [0.05, 0.1) is 5.69 Å². The number of benzene rings is 1. The molecule has 0 aliphatic heterocycles. The van der Waals surface area contributed by atoms with Crippen LogP contribution in [0.25, 0.3) is 0 Å². The number of hydrogen-bond donors (Lipinski definition) is 2. The first-order valence-electron chi connectivity index (χ1n) is 4.86. The summed E-state index contributed by atoms with van der Waals surface area (Å²) in [5.41, 5.74) is 6.77. The second-order valence-corrected chi connectivity index (χ2v) is 4.28. The van der Waals surface area contributed by atoms with Crippen LogP contribution in [0.2, 0.25) is 0 Å².